The lowest BCUT2D eigenvalue weighted by Gasteiger charge is -2.10. The molecule has 21 heavy (non-hydrogen) atoms. The number of hydrogen-bond acceptors (Lipinski definition) is 3. The van der Waals surface area contributed by atoms with Crippen LogP contribution >= 0.6 is 15.9 Å². The lowest BCUT2D eigenvalue weighted by Crippen LogP contribution is -2.14. The van der Waals surface area contributed by atoms with E-state index in [0.29, 0.717) is 5.39 Å². The first-order valence-electron chi connectivity index (χ1n) is 6.18. The molecule has 0 fully saturated rings. The number of aromatic nitrogens is 1. The van der Waals surface area contributed by atoms with E-state index in [1.165, 1.54) is 6.20 Å². The third-order valence-electron chi connectivity index (χ3n) is 3.00. The number of nitrogens with one attached hydrogen (secondary N) is 1. The highest BCUT2D eigenvalue weighted by molar-refractivity contribution is 9.10. The van der Waals surface area contributed by atoms with Gasteiger partial charge in [0.25, 0.3) is 10.0 Å². The molecular formula is C15H11BrN2O2S. The van der Waals surface area contributed by atoms with E-state index in [2.05, 4.69) is 25.6 Å². The summed E-state index contributed by atoms with van der Waals surface area (Å²) in [6.45, 7) is 0. The number of pyridine rings is 1. The standard InChI is InChI=1S/C15H11BrN2O2S/c16-12-8-9-17-15(10-12)18-21(19,20)14-7-3-5-11-4-1-2-6-13(11)14/h1-10H,(H,17,18). The molecule has 106 valence electrons. The van der Waals surface area contributed by atoms with E-state index < -0.39 is 10.0 Å². The monoisotopic (exact) mass is 362 g/mol. The topological polar surface area (TPSA) is 59.1 Å². The van der Waals surface area contributed by atoms with Crippen molar-refractivity contribution in [3.63, 3.8) is 0 Å². The van der Waals surface area contributed by atoms with Crippen molar-refractivity contribution in [1.82, 2.24) is 4.98 Å². The molecular weight excluding hydrogens is 352 g/mol. The Kier molecular flexibility index (Phi) is 3.65. The van der Waals surface area contributed by atoms with Gasteiger partial charge in [-0.05, 0) is 23.6 Å². The summed E-state index contributed by atoms with van der Waals surface area (Å²) < 4.78 is 28.4. The summed E-state index contributed by atoms with van der Waals surface area (Å²) >= 11 is 3.29. The van der Waals surface area contributed by atoms with Gasteiger partial charge in [0.2, 0.25) is 0 Å². The van der Waals surface area contributed by atoms with E-state index in [1.807, 2.05) is 24.3 Å². The van der Waals surface area contributed by atoms with Crippen LogP contribution in [0.25, 0.3) is 10.8 Å². The molecule has 0 spiro atoms. The SMILES string of the molecule is O=S(=O)(Nc1cc(Br)ccn1)c1cccc2ccccc12. The Morgan fingerprint density at radius 2 is 1.76 bits per heavy atom. The molecule has 4 nitrogen and oxygen atoms in total. The molecule has 0 radical (unpaired) electrons. The molecule has 0 unspecified atom stereocenters. The maximum atomic E-state index is 12.6. The highest BCUT2D eigenvalue weighted by atomic mass is 79.9. The van der Waals surface area contributed by atoms with Gasteiger partial charge in [-0.3, -0.25) is 4.72 Å². The van der Waals surface area contributed by atoms with E-state index in [0.717, 1.165) is 9.86 Å². The first-order chi connectivity index (χ1) is 10.1. The second-order valence-corrected chi connectivity index (χ2v) is 7.01. The molecule has 0 amide bonds. The highest BCUT2D eigenvalue weighted by Gasteiger charge is 2.17. The third kappa shape index (κ3) is 2.91. The molecule has 3 aromatic rings. The zero-order chi connectivity index (χ0) is 14.9. The predicted molar refractivity (Wildman–Crippen MR) is 86.7 cm³/mol. The van der Waals surface area contributed by atoms with Crippen molar-refractivity contribution in [3.8, 4) is 0 Å². The van der Waals surface area contributed by atoms with E-state index in [4.69, 9.17) is 0 Å². The van der Waals surface area contributed by atoms with Gasteiger partial charge in [-0.25, -0.2) is 13.4 Å². The zero-order valence-electron chi connectivity index (χ0n) is 10.8. The predicted octanol–water partition coefficient (Wildman–Crippen LogP) is 3.80. The number of fused-ring (bicyclic) bond motifs is 1. The molecule has 6 heteroatoms. The van der Waals surface area contributed by atoms with Crippen LogP contribution < -0.4 is 4.72 Å². The van der Waals surface area contributed by atoms with Gasteiger partial charge in [-0.2, -0.15) is 0 Å². The Labute approximate surface area is 131 Å². The largest absolute Gasteiger partial charge is 0.263 e. The molecule has 3 rings (SSSR count). The Morgan fingerprint density at radius 1 is 1.00 bits per heavy atom. The van der Waals surface area contributed by atoms with Gasteiger partial charge in [-0.1, -0.05) is 52.3 Å². The van der Waals surface area contributed by atoms with Crippen LogP contribution in [0, 0.1) is 0 Å². The first kappa shape index (κ1) is 14.0. The van der Waals surface area contributed by atoms with Gasteiger partial charge in [0.1, 0.15) is 5.82 Å². The van der Waals surface area contributed by atoms with Crippen molar-refractivity contribution < 1.29 is 8.42 Å². The second kappa shape index (κ2) is 5.46. The van der Waals surface area contributed by atoms with Crippen molar-refractivity contribution in [1.29, 1.82) is 0 Å². The number of nitrogens with zero attached hydrogens (tertiary/aromatic N) is 1. The van der Waals surface area contributed by atoms with Gasteiger partial charge in [0.15, 0.2) is 0 Å². The molecule has 0 aliphatic carbocycles. The summed E-state index contributed by atoms with van der Waals surface area (Å²) in [7, 11) is -3.69. The quantitative estimate of drug-likeness (QED) is 0.770. The summed E-state index contributed by atoms with van der Waals surface area (Å²) in [5.74, 6) is 0.275. The van der Waals surface area contributed by atoms with Crippen LogP contribution in [0.1, 0.15) is 0 Å². The molecule has 1 aromatic heterocycles. The van der Waals surface area contributed by atoms with Crippen LogP contribution in [0.4, 0.5) is 5.82 Å². The van der Waals surface area contributed by atoms with Crippen molar-refractivity contribution in [3.05, 3.63) is 65.3 Å². The average molecular weight is 363 g/mol. The minimum Gasteiger partial charge on any atom is -0.263 e. The Bertz CT molecular complexity index is 905. The van der Waals surface area contributed by atoms with Crippen LogP contribution in [0.3, 0.4) is 0 Å². The molecule has 2 aromatic carbocycles. The van der Waals surface area contributed by atoms with E-state index in [9.17, 15) is 8.42 Å². The maximum Gasteiger partial charge on any atom is 0.263 e. The van der Waals surface area contributed by atoms with Crippen LogP contribution in [0.2, 0.25) is 0 Å². The Morgan fingerprint density at radius 3 is 2.57 bits per heavy atom. The van der Waals surface area contributed by atoms with Gasteiger partial charge in [0.05, 0.1) is 4.90 Å². The molecule has 1 heterocycles. The second-order valence-electron chi connectivity index (χ2n) is 4.44. The lowest BCUT2D eigenvalue weighted by atomic mass is 10.1. The number of rotatable bonds is 3. The fourth-order valence-electron chi connectivity index (χ4n) is 2.08. The molecule has 0 atom stereocenters. The number of anilines is 1. The average Bonchev–Trinajstić information content (AvgIpc) is 2.46. The molecule has 1 N–H and O–H groups in total. The lowest BCUT2D eigenvalue weighted by molar-refractivity contribution is 0.602. The van der Waals surface area contributed by atoms with Crippen molar-refractivity contribution in [2.75, 3.05) is 4.72 Å². The van der Waals surface area contributed by atoms with Gasteiger partial charge in [0, 0.05) is 16.1 Å². The van der Waals surface area contributed by atoms with Gasteiger partial charge >= 0.3 is 0 Å². The fourth-order valence-corrected chi connectivity index (χ4v) is 3.65. The summed E-state index contributed by atoms with van der Waals surface area (Å²) in [4.78, 5) is 4.25. The van der Waals surface area contributed by atoms with Gasteiger partial charge < -0.3 is 0 Å². The van der Waals surface area contributed by atoms with Crippen molar-refractivity contribution in [2.45, 2.75) is 4.90 Å². The Hall–Kier alpha value is -1.92. The molecule has 0 aliphatic rings. The molecule has 0 aliphatic heterocycles. The molecule has 0 saturated carbocycles. The van der Waals surface area contributed by atoms with Crippen LogP contribution in [0.5, 0.6) is 0 Å². The van der Waals surface area contributed by atoms with Crippen LogP contribution in [0.15, 0.2) is 70.2 Å². The summed E-state index contributed by atoms with van der Waals surface area (Å²) in [6.07, 6.45) is 1.53. The number of hydrogen-bond donors (Lipinski definition) is 1. The van der Waals surface area contributed by atoms with E-state index >= 15 is 0 Å². The van der Waals surface area contributed by atoms with E-state index in [1.54, 1.807) is 30.3 Å². The summed E-state index contributed by atoms with van der Waals surface area (Å²) in [6, 6.07) is 15.9. The fraction of sp³-hybridized carbons (Fsp3) is 0. The third-order valence-corrected chi connectivity index (χ3v) is 4.91. The maximum absolute atomic E-state index is 12.6. The first-order valence-corrected chi connectivity index (χ1v) is 8.46. The van der Waals surface area contributed by atoms with Crippen molar-refractivity contribution >= 4 is 42.5 Å². The summed E-state index contributed by atoms with van der Waals surface area (Å²) in [5.41, 5.74) is 0. The smallest absolute Gasteiger partial charge is 0.263 e. The molecule has 0 bridgehead atoms. The normalized spacial score (nSPS) is 11.5. The number of sulfonamides is 1. The van der Waals surface area contributed by atoms with Gasteiger partial charge in [-0.15, -0.1) is 0 Å². The minimum absolute atomic E-state index is 0.238. The minimum atomic E-state index is -3.69. The van der Waals surface area contributed by atoms with Crippen molar-refractivity contribution in [2.24, 2.45) is 0 Å². The molecule has 0 saturated heterocycles. The number of benzene rings is 2. The van der Waals surface area contributed by atoms with Crippen LogP contribution in [-0.2, 0) is 10.0 Å². The Balaban J connectivity index is 2.09. The van der Waals surface area contributed by atoms with Crippen LogP contribution in [-0.4, -0.2) is 13.4 Å². The number of halogens is 1. The zero-order valence-corrected chi connectivity index (χ0v) is 13.2. The van der Waals surface area contributed by atoms with E-state index in [-0.39, 0.29) is 10.7 Å². The summed E-state index contributed by atoms with van der Waals surface area (Å²) in [5, 5.41) is 1.56. The highest BCUT2D eigenvalue weighted by Crippen LogP contribution is 2.24.